The van der Waals surface area contributed by atoms with Gasteiger partial charge in [0.2, 0.25) is 0 Å². The predicted octanol–water partition coefficient (Wildman–Crippen LogP) is 3.61. The van der Waals surface area contributed by atoms with E-state index in [-0.39, 0.29) is 36.4 Å². The van der Waals surface area contributed by atoms with E-state index in [1.807, 2.05) is 0 Å². The summed E-state index contributed by atoms with van der Waals surface area (Å²) in [4.78, 5) is 17.9. The van der Waals surface area contributed by atoms with Crippen LogP contribution in [0.15, 0.2) is 42.6 Å². The molecule has 1 fully saturated rings. The number of amides is 1. The number of benzene rings is 1. The van der Waals surface area contributed by atoms with Crippen LogP contribution in [-0.2, 0) is 4.79 Å². The van der Waals surface area contributed by atoms with Crippen LogP contribution in [0.5, 0.6) is 17.4 Å². The van der Waals surface area contributed by atoms with E-state index in [1.165, 1.54) is 41.4 Å². The van der Waals surface area contributed by atoms with Crippen molar-refractivity contribution in [3.05, 3.63) is 48.4 Å². The first-order valence-corrected chi connectivity index (χ1v) is 9.28. The Kier molecular flexibility index (Phi) is 6.96. The maximum absolute atomic E-state index is 13.7. The summed E-state index contributed by atoms with van der Waals surface area (Å²) in [5, 5.41) is 0. The summed E-state index contributed by atoms with van der Waals surface area (Å²) in [6.45, 7) is -1.14. The second kappa shape index (κ2) is 9.64. The first-order valence-electron chi connectivity index (χ1n) is 9.28. The van der Waals surface area contributed by atoms with Crippen LogP contribution in [-0.4, -0.2) is 54.4 Å². The molecule has 2 aromatic rings. The summed E-state index contributed by atoms with van der Waals surface area (Å²) >= 11 is 0. The number of halogens is 4. The molecule has 1 aromatic carbocycles. The molecule has 162 valence electrons. The fourth-order valence-electron chi connectivity index (χ4n) is 2.96. The Hall–Kier alpha value is -3.04. The molecule has 1 aromatic heterocycles. The molecule has 1 amide bonds. The first-order chi connectivity index (χ1) is 14.3. The van der Waals surface area contributed by atoms with E-state index in [1.54, 1.807) is 6.07 Å². The molecule has 10 heteroatoms. The zero-order valence-electron chi connectivity index (χ0n) is 15.9. The molecule has 2 heterocycles. The Morgan fingerprint density at radius 2 is 1.87 bits per heavy atom. The number of piperidine rings is 1. The van der Waals surface area contributed by atoms with Crippen LogP contribution in [0.3, 0.4) is 0 Å². The third-order valence-corrected chi connectivity index (χ3v) is 4.33. The number of carbonyl (C=O) groups is 1. The van der Waals surface area contributed by atoms with Crippen LogP contribution in [0.4, 0.5) is 17.6 Å². The minimum atomic E-state index is -4.49. The molecule has 1 saturated heterocycles. The van der Waals surface area contributed by atoms with E-state index >= 15 is 0 Å². The number of hydrogen-bond donors (Lipinski definition) is 0. The quantitative estimate of drug-likeness (QED) is 0.631. The third kappa shape index (κ3) is 6.23. The van der Waals surface area contributed by atoms with Crippen LogP contribution in [0.2, 0.25) is 0 Å². The smallest absolute Gasteiger partial charge is 0.422 e. The lowest BCUT2D eigenvalue weighted by molar-refractivity contribution is -0.153. The van der Waals surface area contributed by atoms with Gasteiger partial charge in [-0.2, -0.15) is 13.2 Å². The second-order valence-corrected chi connectivity index (χ2v) is 6.65. The van der Waals surface area contributed by atoms with E-state index in [2.05, 4.69) is 4.98 Å². The van der Waals surface area contributed by atoms with E-state index in [0.717, 1.165) is 0 Å². The van der Waals surface area contributed by atoms with Gasteiger partial charge in [0.25, 0.3) is 11.8 Å². The van der Waals surface area contributed by atoms with Crippen LogP contribution in [0.1, 0.15) is 12.8 Å². The minimum Gasteiger partial charge on any atom is -0.480 e. The molecule has 0 aliphatic carbocycles. The number of likely N-dealkylation sites (tertiary alicyclic amines) is 1. The Labute approximate surface area is 170 Å². The van der Waals surface area contributed by atoms with Gasteiger partial charge in [-0.1, -0.05) is 12.1 Å². The zero-order valence-corrected chi connectivity index (χ0v) is 15.9. The molecule has 0 radical (unpaired) electrons. The number of alkyl halides is 3. The average molecular weight is 428 g/mol. The van der Waals surface area contributed by atoms with E-state index in [9.17, 15) is 22.4 Å². The minimum absolute atomic E-state index is 0.0375. The largest absolute Gasteiger partial charge is 0.480 e. The van der Waals surface area contributed by atoms with Crippen molar-refractivity contribution in [2.24, 2.45) is 0 Å². The molecule has 6 nitrogen and oxygen atoms in total. The van der Waals surface area contributed by atoms with Crippen molar-refractivity contribution in [1.82, 2.24) is 9.88 Å². The maximum atomic E-state index is 13.7. The van der Waals surface area contributed by atoms with Gasteiger partial charge in [0, 0.05) is 12.7 Å². The van der Waals surface area contributed by atoms with E-state index in [0.29, 0.717) is 19.4 Å². The highest BCUT2D eigenvalue weighted by molar-refractivity contribution is 5.78. The number of rotatable bonds is 7. The van der Waals surface area contributed by atoms with Gasteiger partial charge in [0.05, 0.1) is 6.54 Å². The lowest BCUT2D eigenvalue weighted by Crippen LogP contribution is -2.46. The SMILES string of the molecule is O=C(COc1ccccc1OCC(F)(F)F)N1CCCC(Oc2ncccc2F)C1. The lowest BCUT2D eigenvalue weighted by atomic mass is 10.1. The molecular weight excluding hydrogens is 408 g/mol. The molecule has 3 rings (SSSR count). The van der Waals surface area contributed by atoms with Crippen molar-refractivity contribution in [3.63, 3.8) is 0 Å². The predicted molar refractivity (Wildman–Crippen MR) is 97.9 cm³/mol. The van der Waals surface area contributed by atoms with Gasteiger partial charge in [-0.3, -0.25) is 4.79 Å². The third-order valence-electron chi connectivity index (χ3n) is 4.33. The number of aromatic nitrogens is 1. The number of nitrogens with zero attached hydrogens (tertiary/aromatic N) is 2. The number of pyridine rings is 1. The van der Waals surface area contributed by atoms with Crippen LogP contribution < -0.4 is 14.2 Å². The Morgan fingerprint density at radius 3 is 2.57 bits per heavy atom. The zero-order chi connectivity index (χ0) is 21.6. The highest BCUT2D eigenvalue weighted by Crippen LogP contribution is 2.28. The number of hydrogen-bond acceptors (Lipinski definition) is 5. The fraction of sp³-hybridized carbons (Fsp3) is 0.400. The number of ether oxygens (including phenoxy) is 3. The normalized spacial score (nSPS) is 16.8. The summed E-state index contributed by atoms with van der Waals surface area (Å²) in [5.41, 5.74) is 0. The molecule has 30 heavy (non-hydrogen) atoms. The molecule has 1 aliphatic heterocycles. The molecule has 0 saturated carbocycles. The van der Waals surface area contributed by atoms with E-state index < -0.39 is 24.7 Å². The summed E-state index contributed by atoms with van der Waals surface area (Å²) < 4.78 is 66.6. The Morgan fingerprint density at radius 1 is 1.13 bits per heavy atom. The molecule has 1 aliphatic rings. The van der Waals surface area contributed by atoms with Gasteiger partial charge in [-0.25, -0.2) is 9.37 Å². The number of carbonyl (C=O) groups excluding carboxylic acids is 1. The van der Waals surface area contributed by atoms with Crippen molar-refractivity contribution < 1.29 is 36.6 Å². The summed E-state index contributed by atoms with van der Waals surface area (Å²) in [6.07, 6.45) is -2.21. The van der Waals surface area contributed by atoms with Gasteiger partial charge in [0.15, 0.2) is 30.5 Å². The molecule has 1 atom stereocenters. The van der Waals surface area contributed by atoms with Crippen molar-refractivity contribution in [3.8, 4) is 17.4 Å². The highest BCUT2D eigenvalue weighted by atomic mass is 19.4. The van der Waals surface area contributed by atoms with Crippen LogP contribution in [0.25, 0.3) is 0 Å². The monoisotopic (exact) mass is 428 g/mol. The van der Waals surface area contributed by atoms with Gasteiger partial charge in [-0.05, 0) is 37.1 Å². The summed E-state index contributed by atoms with van der Waals surface area (Å²) in [6, 6.07) is 8.51. The summed E-state index contributed by atoms with van der Waals surface area (Å²) in [7, 11) is 0. The Bertz CT molecular complexity index is 863. The Balaban J connectivity index is 1.54. The lowest BCUT2D eigenvalue weighted by Gasteiger charge is -2.32. The van der Waals surface area contributed by atoms with Crippen molar-refractivity contribution in [2.45, 2.75) is 25.1 Å². The standard InChI is InChI=1S/C20H20F4N2O4/c21-15-6-3-9-25-19(15)30-14-5-4-10-26(11-14)18(27)12-28-16-7-1-2-8-17(16)29-13-20(22,23)24/h1-3,6-9,14H,4-5,10-13H2. The summed E-state index contributed by atoms with van der Waals surface area (Å²) in [5.74, 6) is -1.14. The average Bonchev–Trinajstić information content (AvgIpc) is 2.72. The first kappa shape index (κ1) is 21.7. The van der Waals surface area contributed by atoms with Crippen molar-refractivity contribution in [2.75, 3.05) is 26.3 Å². The van der Waals surface area contributed by atoms with Gasteiger partial charge >= 0.3 is 6.18 Å². The molecule has 0 spiro atoms. The van der Waals surface area contributed by atoms with Gasteiger partial charge < -0.3 is 19.1 Å². The topological polar surface area (TPSA) is 60.9 Å². The second-order valence-electron chi connectivity index (χ2n) is 6.65. The van der Waals surface area contributed by atoms with Crippen molar-refractivity contribution >= 4 is 5.91 Å². The van der Waals surface area contributed by atoms with Crippen LogP contribution in [0, 0.1) is 5.82 Å². The van der Waals surface area contributed by atoms with Crippen LogP contribution >= 0.6 is 0 Å². The molecular formula is C20H20F4N2O4. The van der Waals surface area contributed by atoms with Gasteiger partial charge in [0.1, 0.15) is 6.10 Å². The van der Waals surface area contributed by atoms with Crippen molar-refractivity contribution in [1.29, 1.82) is 0 Å². The molecule has 0 bridgehead atoms. The van der Waals surface area contributed by atoms with E-state index in [4.69, 9.17) is 14.2 Å². The fourth-order valence-corrected chi connectivity index (χ4v) is 2.96. The maximum Gasteiger partial charge on any atom is 0.422 e. The van der Waals surface area contributed by atoms with Gasteiger partial charge in [-0.15, -0.1) is 0 Å². The number of para-hydroxylation sites is 2. The molecule has 0 N–H and O–H groups in total. The highest BCUT2D eigenvalue weighted by Gasteiger charge is 2.29. The molecule has 1 unspecified atom stereocenters.